The van der Waals surface area contributed by atoms with Crippen LogP contribution in [0.4, 0.5) is 17.1 Å². The summed E-state index contributed by atoms with van der Waals surface area (Å²) in [5.74, 6) is 0.738. The van der Waals surface area contributed by atoms with Crippen molar-refractivity contribution in [3.8, 4) is 5.75 Å². The van der Waals surface area contributed by atoms with Gasteiger partial charge in [0.1, 0.15) is 5.75 Å². The second-order valence-corrected chi connectivity index (χ2v) is 7.51. The maximum atomic E-state index is 10.7. The van der Waals surface area contributed by atoms with E-state index in [2.05, 4.69) is 61.3 Å². The number of nitrogens with zero attached hydrogens (tertiary/aromatic N) is 3. The van der Waals surface area contributed by atoms with Gasteiger partial charge in [-0.25, -0.2) is 0 Å². The van der Waals surface area contributed by atoms with Gasteiger partial charge in [-0.2, -0.15) is 5.10 Å². The van der Waals surface area contributed by atoms with E-state index in [1.807, 2.05) is 0 Å². The largest absolute Gasteiger partial charge is 0.496 e. The van der Waals surface area contributed by atoms with Gasteiger partial charge in [0.2, 0.25) is 0 Å². The van der Waals surface area contributed by atoms with Gasteiger partial charge in [0.15, 0.2) is 0 Å². The molecule has 0 unspecified atom stereocenters. The Bertz CT molecular complexity index is 978. The molecule has 0 amide bonds. The lowest BCUT2D eigenvalue weighted by Gasteiger charge is -2.43. The van der Waals surface area contributed by atoms with Gasteiger partial charge in [0.05, 0.1) is 29.5 Å². The summed E-state index contributed by atoms with van der Waals surface area (Å²) >= 11 is 0. The highest BCUT2D eigenvalue weighted by Gasteiger charge is 2.31. The molecular weight excluding hydrogens is 368 g/mol. The summed E-state index contributed by atoms with van der Waals surface area (Å²) in [6.07, 6.45) is 3.98. The zero-order chi connectivity index (χ0) is 21.2. The number of anilines is 2. The number of nitro groups is 1. The maximum Gasteiger partial charge on any atom is 0.269 e. The summed E-state index contributed by atoms with van der Waals surface area (Å²) < 4.78 is 5.61. The molecule has 2 aromatic rings. The van der Waals surface area contributed by atoms with Crippen LogP contribution in [-0.2, 0) is 0 Å². The number of hydrogen-bond donors (Lipinski definition) is 1. The highest BCUT2D eigenvalue weighted by Crippen LogP contribution is 2.41. The minimum Gasteiger partial charge on any atom is -0.496 e. The lowest BCUT2D eigenvalue weighted by molar-refractivity contribution is -0.384. The predicted molar refractivity (Wildman–Crippen MR) is 118 cm³/mol. The van der Waals surface area contributed by atoms with Crippen LogP contribution < -0.4 is 15.1 Å². The molecule has 152 valence electrons. The number of nitrogens with one attached hydrogen (secondary N) is 1. The molecule has 0 saturated heterocycles. The Morgan fingerprint density at radius 1 is 1.28 bits per heavy atom. The van der Waals surface area contributed by atoms with Gasteiger partial charge in [-0.3, -0.25) is 15.5 Å². The van der Waals surface area contributed by atoms with Crippen molar-refractivity contribution < 1.29 is 9.66 Å². The smallest absolute Gasteiger partial charge is 0.269 e. The van der Waals surface area contributed by atoms with Crippen LogP contribution in [0, 0.1) is 10.1 Å². The van der Waals surface area contributed by atoms with Crippen LogP contribution in [0.3, 0.4) is 0 Å². The monoisotopic (exact) mass is 394 g/mol. The topological polar surface area (TPSA) is 80.0 Å². The summed E-state index contributed by atoms with van der Waals surface area (Å²) in [5.41, 5.74) is 7.92. The van der Waals surface area contributed by atoms with Crippen LogP contribution in [0.5, 0.6) is 5.75 Å². The first-order chi connectivity index (χ1) is 13.8. The fourth-order valence-corrected chi connectivity index (χ4v) is 3.81. The standard InChI is InChI=1S/C22H26N4O3/c1-6-25-20-12-21(29-5)16(11-19(20)15(2)13-22(25,3)4)14-23-24-17-7-9-18(10-8-17)26(27)28/h7-14,24H,6H2,1-5H3/b23-14-. The molecule has 7 nitrogen and oxygen atoms in total. The molecule has 1 aliphatic rings. The average Bonchev–Trinajstić information content (AvgIpc) is 2.68. The van der Waals surface area contributed by atoms with Crippen LogP contribution in [0.25, 0.3) is 5.57 Å². The molecule has 0 atom stereocenters. The lowest BCUT2D eigenvalue weighted by atomic mass is 9.88. The Hall–Kier alpha value is -3.35. The Kier molecular flexibility index (Phi) is 5.59. The van der Waals surface area contributed by atoms with Gasteiger partial charge in [-0.05, 0) is 51.5 Å². The second-order valence-electron chi connectivity index (χ2n) is 7.51. The molecule has 0 bridgehead atoms. The highest BCUT2D eigenvalue weighted by atomic mass is 16.6. The number of hydrogen-bond acceptors (Lipinski definition) is 6. The molecule has 1 aliphatic heterocycles. The van der Waals surface area contributed by atoms with Gasteiger partial charge in [0, 0.05) is 41.6 Å². The first-order valence-electron chi connectivity index (χ1n) is 9.50. The van der Waals surface area contributed by atoms with Crippen molar-refractivity contribution in [2.45, 2.75) is 33.2 Å². The molecule has 0 aliphatic carbocycles. The lowest BCUT2D eigenvalue weighted by Crippen LogP contribution is -2.44. The van der Waals surface area contributed by atoms with E-state index in [-0.39, 0.29) is 11.2 Å². The molecule has 0 radical (unpaired) electrons. The molecular formula is C22H26N4O3. The van der Waals surface area contributed by atoms with E-state index < -0.39 is 4.92 Å². The van der Waals surface area contributed by atoms with Crippen molar-refractivity contribution in [2.24, 2.45) is 5.10 Å². The Morgan fingerprint density at radius 3 is 2.55 bits per heavy atom. The van der Waals surface area contributed by atoms with Crippen molar-refractivity contribution in [2.75, 3.05) is 24.0 Å². The van der Waals surface area contributed by atoms with Crippen LogP contribution in [-0.4, -0.2) is 30.3 Å². The van der Waals surface area contributed by atoms with E-state index >= 15 is 0 Å². The quantitative estimate of drug-likeness (QED) is 0.420. The van der Waals surface area contributed by atoms with E-state index in [1.54, 1.807) is 25.5 Å². The van der Waals surface area contributed by atoms with Gasteiger partial charge in [0.25, 0.3) is 5.69 Å². The molecule has 1 N–H and O–H groups in total. The second kappa shape index (κ2) is 7.95. The van der Waals surface area contributed by atoms with Crippen molar-refractivity contribution in [3.05, 3.63) is 63.7 Å². The van der Waals surface area contributed by atoms with E-state index in [1.165, 1.54) is 17.7 Å². The van der Waals surface area contributed by atoms with E-state index in [9.17, 15) is 10.1 Å². The van der Waals surface area contributed by atoms with E-state index in [0.29, 0.717) is 5.69 Å². The number of non-ortho nitro benzene ring substituents is 1. The predicted octanol–water partition coefficient (Wildman–Crippen LogP) is 5.07. The van der Waals surface area contributed by atoms with Crippen molar-refractivity contribution >= 4 is 28.8 Å². The molecule has 3 rings (SSSR count). The third kappa shape index (κ3) is 4.08. The zero-order valence-corrected chi connectivity index (χ0v) is 17.4. The normalized spacial score (nSPS) is 15.1. The molecule has 1 heterocycles. The van der Waals surface area contributed by atoms with Gasteiger partial charge in [-0.1, -0.05) is 6.08 Å². The molecule has 29 heavy (non-hydrogen) atoms. The molecule has 0 fully saturated rings. The number of fused-ring (bicyclic) bond motifs is 1. The molecule has 0 spiro atoms. The first kappa shape index (κ1) is 20.4. The average molecular weight is 394 g/mol. The molecule has 0 aromatic heterocycles. The third-order valence-electron chi connectivity index (χ3n) is 5.12. The van der Waals surface area contributed by atoms with Crippen molar-refractivity contribution in [3.63, 3.8) is 0 Å². The Morgan fingerprint density at radius 2 is 1.97 bits per heavy atom. The SMILES string of the molecule is CCN1c2cc(OC)c(/C=N\Nc3ccc([N+](=O)[O-])cc3)cc2C(C)=CC1(C)C. The van der Waals surface area contributed by atoms with Crippen LogP contribution in [0.1, 0.15) is 38.8 Å². The summed E-state index contributed by atoms with van der Waals surface area (Å²) in [5, 5.41) is 15.0. The van der Waals surface area contributed by atoms with Crippen LogP contribution in [0.2, 0.25) is 0 Å². The van der Waals surface area contributed by atoms with Crippen molar-refractivity contribution in [1.82, 2.24) is 0 Å². The maximum absolute atomic E-state index is 10.7. The number of allylic oxidation sites excluding steroid dienone is 1. The van der Waals surface area contributed by atoms with E-state index in [0.717, 1.165) is 29.1 Å². The number of rotatable bonds is 6. The summed E-state index contributed by atoms with van der Waals surface area (Å²) in [7, 11) is 1.65. The first-order valence-corrected chi connectivity index (χ1v) is 9.50. The van der Waals surface area contributed by atoms with Gasteiger partial charge in [-0.15, -0.1) is 0 Å². The number of nitro benzene ring substituents is 1. The van der Waals surface area contributed by atoms with Crippen molar-refractivity contribution in [1.29, 1.82) is 0 Å². The number of benzene rings is 2. The number of hydrazone groups is 1. The fraction of sp³-hybridized carbons (Fsp3) is 0.318. The summed E-state index contributed by atoms with van der Waals surface area (Å²) in [6, 6.07) is 10.3. The fourth-order valence-electron chi connectivity index (χ4n) is 3.81. The van der Waals surface area contributed by atoms with Crippen LogP contribution in [0.15, 0.2) is 47.6 Å². The molecule has 7 heteroatoms. The minimum atomic E-state index is -0.429. The number of likely N-dealkylation sites (N-methyl/N-ethyl adjacent to an activating group) is 1. The van der Waals surface area contributed by atoms with Gasteiger partial charge >= 0.3 is 0 Å². The number of methoxy groups -OCH3 is 1. The Labute approximate surface area is 170 Å². The third-order valence-corrected chi connectivity index (χ3v) is 5.12. The van der Waals surface area contributed by atoms with Crippen LogP contribution >= 0.6 is 0 Å². The highest BCUT2D eigenvalue weighted by molar-refractivity contribution is 5.91. The minimum absolute atomic E-state index is 0.0431. The summed E-state index contributed by atoms with van der Waals surface area (Å²) in [4.78, 5) is 12.7. The number of ether oxygens (including phenoxy) is 1. The Balaban J connectivity index is 1.89. The zero-order valence-electron chi connectivity index (χ0n) is 17.4. The van der Waals surface area contributed by atoms with Gasteiger partial charge < -0.3 is 9.64 Å². The molecule has 0 saturated carbocycles. The van der Waals surface area contributed by atoms with E-state index in [4.69, 9.17) is 4.74 Å². The summed E-state index contributed by atoms with van der Waals surface area (Å²) in [6.45, 7) is 9.58. The molecule has 2 aromatic carbocycles.